The van der Waals surface area contributed by atoms with E-state index in [1.807, 2.05) is 36.4 Å². The summed E-state index contributed by atoms with van der Waals surface area (Å²) in [5, 5.41) is 13.8. The maximum atomic E-state index is 12.8. The Morgan fingerprint density at radius 2 is 1.88 bits per heavy atom. The number of nitrogens with one attached hydrogen (secondary N) is 1. The second kappa shape index (κ2) is 5.86. The molecule has 0 spiro atoms. The molecule has 1 amide bonds. The fourth-order valence-corrected chi connectivity index (χ4v) is 3.53. The average molecular weight is 335 g/mol. The highest BCUT2D eigenvalue weighted by Crippen LogP contribution is 2.31. The summed E-state index contributed by atoms with van der Waals surface area (Å²) in [7, 11) is 0. The molecule has 2 aromatic carbocycles. The Morgan fingerprint density at radius 1 is 1.16 bits per heavy atom. The molecule has 5 heteroatoms. The molecule has 0 saturated carbocycles. The van der Waals surface area contributed by atoms with Gasteiger partial charge in [-0.05, 0) is 29.7 Å². The molecule has 0 aliphatic heterocycles. The van der Waals surface area contributed by atoms with Crippen LogP contribution in [0, 0.1) is 6.92 Å². The minimum absolute atomic E-state index is 0.0183. The van der Waals surface area contributed by atoms with Crippen LogP contribution in [0.1, 0.15) is 33.1 Å². The Hall–Kier alpha value is -2.92. The van der Waals surface area contributed by atoms with Gasteiger partial charge in [-0.25, -0.2) is 4.79 Å². The zero-order valence-electron chi connectivity index (χ0n) is 13.7. The predicted octanol–water partition coefficient (Wildman–Crippen LogP) is 2.49. The summed E-state index contributed by atoms with van der Waals surface area (Å²) in [5.74, 6) is -0.530. The van der Waals surface area contributed by atoms with E-state index in [0.717, 1.165) is 16.5 Å². The van der Waals surface area contributed by atoms with Crippen LogP contribution in [0.2, 0.25) is 0 Å². The second-order valence-corrected chi connectivity index (χ2v) is 6.31. The smallest absolute Gasteiger partial charge is 0.349 e. The number of aliphatic hydroxyl groups is 1. The molecule has 2 N–H and O–H groups in total. The number of rotatable bonds is 2. The van der Waals surface area contributed by atoms with E-state index in [4.69, 9.17) is 4.42 Å². The molecular formula is C20H17NO4. The molecule has 3 aromatic rings. The van der Waals surface area contributed by atoms with Gasteiger partial charge in [-0.2, -0.15) is 0 Å². The number of amides is 1. The molecule has 126 valence electrons. The third-order valence-electron chi connectivity index (χ3n) is 4.79. The first-order valence-electron chi connectivity index (χ1n) is 8.15. The first kappa shape index (κ1) is 15.6. The van der Waals surface area contributed by atoms with Crippen molar-refractivity contribution >= 4 is 16.9 Å². The van der Waals surface area contributed by atoms with Crippen LogP contribution in [0.15, 0.2) is 57.7 Å². The van der Waals surface area contributed by atoms with E-state index in [2.05, 4.69) is 5.32 Å². The van der Waals surface area contributed by atoms with Crippen molar-refractivity contribution in [2.24, 2.45) is 0 Å². The third-order valence-corrected chi connectivity index (χ3v) is 4.79. The SMILES string of the molecule is Cc1c(C(=O)N[C@H]2c3ccccc3C[C@H]2O)c(=O)oc2ccccc12. The molecule has 1 aliphatic carbocycles. The monoisotopic (exact) mass is 335 g/mol. The number of carbonyl (C=O) groups is 1. The summed E-state index contributed by atoms with van der Waals surface area (Å²) in [6.07, 6.45) is -0.235. The van der Waals surface area contributed by atoms with Crippen molar-refractivity contribution in [2.75, 3.05) is 0 Å². The first-order valence-corrected chi connectivity index (χ1v) is 8.15. The molecule has 2 atom stereocenters. The van der Waals surface area contributed by atoms with Gasteiger partial charge in [-0.3, -0.25) is 4.79 Å². The normalized spacial score (nSPS) is 19.0. The molecular weight excluding hydrogens is 318 g/mol. The topological polar surface area (TPSA) is 79.5 Å². The van der Waals surface area contributed by atoms with Crippen molar-refractivity contribution in [2.45, 2.75) is 25.5 Å². The van der Waals surface area contributed by atoms with Gasteiger partial charge in [0.2, 0.25) is 0 Å². The zero-order chi connectivity index (χ0) is 17.6. The van der Waals surface area contributed by atoms with Crippen LogP contribution >= 0.6 is 0 Å². The van der Waals surface area contributed by atoms with Crippen LogP contribution < -0.4 is 10.9 Å². The van der Waals surface area contributed by atoms with Gasteiger partial charge in [-0.15, -0.1) is 0 Å². The Morgan fingerprint density at radius 3 is 2.72 bits per heavy atom. The van der Waals surface area contributed by atoms with Gasteiger partial charge < -0.3 is 14.8 Å². The molecule has 5 nitrogen and oxygen atoms in total. The summed E-state index contributed by atoms with van der Waals surface area (Å²) in [5.41, 5.74) is 2.22. The second-order valence-electron chi connectivity index (χ2n) is 6.31. The largest absolute Gasteiger partial charge is 0.422 e. The molecule has 0 bridgehead atoms. The van der Waals surface area contributed by atoms with Gasteiger partial charge in [0, 0.05) is 11.8 Å². The lowest BCUT2D eigenvalue weighted by Gasteiger charge is -2.18. The lowest BCUT2D eigenvalue weighted by atomic mass is 10.0. The Labute approximate surface area is 143 Å². The van der Waals surface area contributed by atoms with Crippen LogP contribution in [0.25, 0.3) is 11.0 Å². The summed E-state index contributed by atoms with van der Waals surface area (Å²) in [4.78, 5) is 25.1. The summed E-state index contributed by atoms with van der Waals surface area (Å²) < 4.78 is 5.28. The first-order chi connectivity index (χ1) is 12.1. The number of para-hydroxylation sites is 1. The number of hydrogen-bond acceptors (Lipinski definition) is 4. The molecule has 1 aromatic heterocycles. The van der Waals surface area contributed by atoms with Crippen LogP contribution in [-0.2, 0) is 6.42 Å². The summed E-state index contributed by atoms with van der Waals surface area (Å²) >= 11 is 0. The number of hydrogen-bond donors (Lipinski definition) is 2. The Bertz CT molecular complexity index is 1040. The van der Waals surface area contributed by atoms with Gasteiger partial charge in [0.15, 0.2) is 0 Å². The number of benzene rings is 2. The van der Waals surface area contributed by atoms with Crippen LogP contribution in [0.3, 0.4) is 0 Å². The van der Waals surface area contributed by atoms with Crippen LogP contribution in [0.4, 0.5) is 0 Å². The van der Waals surface area contributed by atoms with Gasteiger partial charge in [0.05, 0.1) is 12.1 Å². The highest BCUT2D eigenvalue weighted by atomic mass is 16.4. The van der Waals surface area contributed by atoms with Crippen molar-refractivity contribution < 1.29 is 14.3 Å². The fraction of sp³-hybridized carbons (Fsp3) is 0.200. The fourth-order valence-electron chi connectivity index (χ4n) is 3.53. The van der Waals surface area contributed by atoms with E-state index in [1.165, 1.54) is 0 Å². The molecule has 0 radical (unpaired) electrons. The number of carbonyl (C=O) groups excluding carboxylic acids is 1. The molecule has 0 fully saturated rings. The quantitative estimate of drug-likeness (QED) is 0.705. The van der Waals surface area contributed by atoms with Crippen molar-refractivity contribution in [3.05, 3.63) is 81.2 Å². The zero-order valence-corrected chi connectivity index (χ0v) is 13.7. The van der Waals surface area contributed by atoms with Crippen molar-refractivity contribution in [1.82, 2.24) is 5.32 Å². The van der Waals surface area contributed by atoms with Crippen molar-refractivity contribution in [1.29, 1.82) is 0 Å². The molecule has 0 saturated heterocycles. The van der Waals surface area contributed by atoms with Gasteiger partial charge in [-0.1, -0.05) is 42.5 Å². The molecule has 1 heterocycles. The Kier molecular flexibility index (Phi) is 3.66. The highest BCUT2D eigenvalue weighted by molar-refractivity contribution is 5.99. The minimum atomic E-state index is -0.714. The summed E-state index contributed by atoms with van der Waals surface area (Å²) in [6, 6.07) is 14.2. The Balaban J connectivity index is 1.73. The van der Waals surface area contributed by atoms with E-state index in [0.29, 0.717) is 17.6 Å². The average Bonchev–Trinajstić information content (AvgIpc) is 2.91. The van der Waals surface area contributed by atoms with E-state index in [1.54, 1.807) is 19.1 Å². The minimum Gasteiger partial charge on any atom is -0.422 e. The number of aliphatic hydroxyl groups excluding tert-OH is 1. The summed E-state index contributed by atoms with van der Waals surface area (Å²) in [6.45, 7) is 1.73. The van der Waals surface area contributed by atoms with E-state index >= 15 is 0 Å². The molecule has 4 rings (SSSR count). The molecule has 25 heavy (non-hydrogen) atoms. The van der Waals surface area contributed by atoms with E-state index in [-0.39, 0.29) is 5.56 Å². The van der Waals surface area contributed by atoms with E-state index in [9.17, 15) is 14.7 Å². The number of fused-ring (bicyclic) bond motifs is 2. The van der Waals surface area contributed by atoms with Crippen LogP contribution in [0.5, 0.6) is 0 Å². The van der Waals surface area contributed by atoms with Gasteiger partial charge in [0.25, 0.3) is 5.91 Å². The number of aryl methyl sites for hydroxylation is 1. The van der Waals surface area contributed by atoms with Crippen molar-refractivity contribution in [3.8, 4) is 0 Å². The maximum Gasteiger partial charge on any atom is 0.349 e. The molecule has 1 aliphatic rings. The van der Waals surface area contributed by atoms with E-state index < -0.39 is 23.7 Å². The lowest BCUT2D eigenvalue weighted by molar-refractivity contribution is 0.0854. The highest BCUT2D eigenvalue weighted by Gasteiger charge is 2.33. The standard InChI is InChI=1S/C20H17NO4/c1-11-13-7-4-5-9-16(13)25-20(24)17(11)19(23)21-18-14-8-3-2-6-12(14)10-15(18)22/h2-9,15,18,22H,10H2,1H3,(H,21,23)/t15-,18+/m1/s1. The van der Waals surface area contributed by atoms with Gasteiger partial charge >= 0.3 is 5.63 Å². The third kappa shape index (κ3) is 2.53. The van der Waals surface area contributed by atoms with Crippen molar-refractivity contribution in [3.63, 3.8) is 0 Å². The van der Waals surface area contributed by atoms with Crippen LogP contribution in [-0.4, -0.2) is 17.1 Å². The maximum absolute atomic E-state index is 12.8. The predicted molar refractivity (Wildman–Crippen MR) is 93.6 cm³/mol. The molecule has 0 unspecified atom stereocenters. The lowest BCUT2D eigenvalue weighted by Crippen LogP contribution is -2.36. The van der Waals surface area contributed by atoms with Gasteiger partial charge in [0.1, 0.15) is 11.1 Å².